The van der Waals surface area contributed by atoms with E-state index in [1.54, 1.807) is 0 Å². The third kappa shape index (κ3) is 8.50. The van der Waals surface area contributed by atoms with Crippen molar-refractivity contribution in [3.05, 3.63) is 129 Å². The van der Waals surface area contributed by atoms with Gasteiger partial charge < -0.3 is 14.2 Å². The second-order valence-electron chi connectivity index (χ2n) is 9.54. The Hall–Kier alpha value is -2.98. The number of halogens is 2. The van der Waals surface area contributed by atoms with Crippen molar-refractivity contribution in [3.63, 3.8) is 0 Å². The summed E-state index contributed by atoms with van der Waals surface area (Å²) in [5.74, 6) is 1.71. The molecule has 0 saturated carbocycles. The second-order valence-corrected chi connectivity index (χ2v) is 10.4. The molecule has 0 radical (unpaired) electrons. The lowest BCUT2D eigenvalue weighted by molar-refractivity contribution is 0.0308. The van der Waals surface area contributed by atoms with Crippen molar-refractivity contribution in [1.29, 1.82) is 0 Å². The van der Waals surface area contributed by atoms with E-state index in [0.29, 0.717) is 23.3 Å². The second kappa shape index (κ2) is 15.0. The third-order valence-corrected chi connectivity index (χ3v) is 7.02. The lowest BCUT2D eigenvalue weighted by Crippen LogP contribution is -2.13. The molecule has 3 nitrogen and oxygen atoms in total. The zero-order chi connectivity index (χ0) is 27.5. The van der Waals surface area contributed by atoms with Crippen molar-refractivity contribution in [2.45, 2.75) is 51.7 Å². The van der Waals surface area contributed by atoms with Gasteiger partial charge in [0.15, 0.2) is 0 Å². The van der Waals surface area contributed by atoms with Crippen LogP contribution in [-0.2, 0) is 4.74 Å². The highest BCUT2D eigenvalue weighted by molar-refractivity contribution is 6.30. The van der Waals surface area contributed by atoms with Gasteiger partial charge in [-0.3, -0.25) is 0 Å². The monoisotopic (exact) mass is 562 g/mol. The minimum Gasteiger partial charge on any atom is -0.494 e. The number of rotatable bonds is 14. The quantitative estimate of drug-likeness (QED) is 0.143. The van der Waals surface area contributed by atoms with E-state index in [1.165, 1.54) is 0 Å². The van der Waals surface area contributed by atoms with E-state index in [4.69, 9.17) is 37.4 Å². The summed E-state index contributed by atoms with van der Waals surface area (Å²) in [6.07, 6.45) is 3.58. The largest absolute Gasteiger partial charge is 0.494 e. The predicted octanol–water partition coefficient (Wildman–Crippen LogP) is 10.2. The van der Waals surface area contributed by atoms with Crippen molar-refractivity contribution in [2.24, 2.45) is 0 Å². The zero-order valence-corrected chi connectivity index (χ0v) is 24.1. The van der Waals surface area contributed by atoms with Crippen LogP contribution in [0.3, 0.4) is 0 Å². The zero-order valence-electron chi connectivity index (χ0n) is 22.6. The molecule has 0 amide bonds. The molecule has 0 aromatic heterocycles. The van der Waals surface area contributed by atoms with E-state index >= 15 is 0 Å². The van der Waals surface area contributed by atoms with E-state index < -0.39 is 0 Å². The molecular weight excluding hydrogens is 527 g/mol. The SMILES string of the molecule is CCCCOc1ccc(C(OC(c2ccc(Cl)cc2)c2ccc(OCCCC)cc2)c2ccc(Cl)cc2)cc1. The van der Waals surface area contributed by atoms with Gasteiger partial charge in [-0.05, 0) is 83.6 Å². The van der Waals surface area contributed by atoms with Crippen molar-refractivity contribution < 1.29 is 14.2 Å². The van der Waals surface area contributed by atoms with Gasteiger partial charge in [-0.25, -0.2) is 0 Å². The van der Waals surface area contributed by atoms with Crippen LogP contribution in [0, 0.1) is 0 Å². The average molecular weight is 564 g/mol. The Kier molecular flexibility index (Phi) is 11.1. The van der Waals surface area contributed by atoms with Crippen LogP contribution in [0.1, 0.15) is 74.0 Å². The van der Waals surface area contributed by atoms with Gasteiger partial charge in [-0.2, -0.15) is 0 Å². The highest BCUT2D eigenvalue weighted by Gasteiger charge is 2.24. The van der Waals surface area contributed by atoms with Crippen molar-refractivity contribution in [2.75, 3.05) is 13.2 Å². The van der Waals surface area contributed by atoms with E-state index in [9.17, 15) is 0 Å². The molecule has 0 heterocycles. The molecule has 0 N–H and O–H groups in total. The van der Waals surface area contributed by atoms with Crippen LogP contribution in [0.5, 0.6) is 11.5 Å². The number of benzene rings is 4. The van der Waals surface area contributed by atoms with E-state index in [1.807, 2.05) is 72.8 Å². The smallest absolute Gasteiger partial charge is 0.119 e. The topological polar surface area (TPSA) is 27.7 Å². The first kappa shape index (κ1) is 29.0. The van der Waals surface area contributed by atoms with Crippen molar-refractivity contribution >= 4 is 23.2 Å². The molecule has 0 aliphatic carbocycles. The number of ether oxygens (including phenoxy) is 3. The molecule has 5 heteroatoms. The first-order chi connectivity index (χ1) is 19.1. The normalized spacial score (nSPS) is 12.6. The molecule has 2 unspecified atom stereocenters. The fourth-order valence-corrected chi connectivity index (χ4v) is 4.51. The molecule has 204 valence electrons. The summed E-state index contributed by atoms with van der Waals surface area (Å²) in [7, 11) is 0. The van der Waals surface area contributed by atoms with Crippen LogP contribution in [0.2, 0.25) is 10.0 Å². The number of unbranched alkanes of at least 4 members (excludes halogenated alkanes) is 2. The fourth-order valence-electron chi connectivity index (χ4n) is 4.26. The Balaban J connectivity index is 1.67. The van der Waals surface area contributed by atoms with Gasteiger partial charge in [0.25, 0.3) is 0 Å². The summed E-state index contributed by atoms with van der Waals surface area (Å²) >= 11 is 12.5. The molecule has 0 fully saturated rings. The number of hydrogen-bond acceptors (Lipinski definition) is 3. The Morgan fingerprint density at radius 2 is 0.795 bits per heavy atom. The standard InChI is InChI=1S/C34H36Cl2O3/c1-3-5-23-37-31-19-11-27(12-20-31)33(25-7-15-29(35)16-8-25)39-34(26-9-17-30(36)18-10-26)28-13-21-32(22-14-28)38-24-6-4-2/h7-22,33-34H,3-6,23-24H2,1-2H3. The summed E-state index contributed by atoms with van der Waals surface area (Å²) in [4.78, 5) is 0. The maximum Gasteiger partial charge on any atom is 0.119 e. The molecule has 0 saturated heterocycles. The maximum atomic E-state index is 6.98. The highest BCUT2D eigenvalue weighted by atomic mass is 35.5. The van der Waals surface area contributed by atoms with Gasteiger partial charge in [-0.1, -0.05) is 98.4 Å². The lowest BCUT2D eigenvalue weighted by Gasteiger charge is -2.27. The average Bonchev–Trinajstić information content (AvgIpc) is 2.96. The predicted molar refractivity (Wildman–Crippen MR) is 161 cm³/mol. The molecule has 39 heavy (non-hydrogen) atoms. The van der Waals surface area contributed by atoms with Gasteiger partial charge in [0, 0.05) is 10.0 Å². The summed E-state index contributed by atoms with van der Waals surface area (Å²) in [5, 5.41) is 1.37. The molecule has 4 aromatic rings. The van der Waals surface area contributed by atoms with Crippen LogP contribution in [0.15, 0.2) is 97.1 Å². The molecule has 0 spiro atoms. The van der Waals surface area contributed by atoms with Gasteiger partial charge in [-0.15, -0.1) is 0 Å². The molecular formula is C34H36Cl2O3. The van der Waals surface area contributed by atoms with E-state index in [0.717, 1.165) is 59.4 Å². The molecule has 4 rings (SSSR count). The van der Waals surface area contributed by atoms with Crippen molar-refractivity contribution in [3.8, 4) is 11.5 Å². The maximum absolute atomic E-state index is 6.98. The summed E-state index contributed by atoms with van der Waals surface area (Å²) in [6.45, 7) is 5.74. The lowest BCUT2D eigenvalue weighted by atomic mass is 9.97. The highest BCUT2D eigenvalue weighted by Crippen LogP contribution is 2.37. The van der Waals surface area contributed by atoms with Crippen LogP contribution in [0.25, 0.3) is 0 Å². The van der Waals surface area contributed by atoms with Gasteiger partial charge in [0.1, 0.15) is 23.7 Å². The Morgan fingerprint density at radius 1 is 0.487 bits per heavy atom. The fraction of sp³-hybridized carbons (Fsp3) is 0.294. The van der Waals surface area contributed by atoms with Crippen LogP contribution in [0.4, 0.5) is 0 Å². The Morgan fingerprint density at radius 3 is 1.10 bits per heavy atom. The molecule has 0 aliphatic heterocycles. The summed E-state index contributed by atoms with van der Waals surface area (Å²) in [5.41, 5.74) is 4.08. The van der Waals surface area contributed by atoms with Gasteiger partial charge in [0.2, 0.25) is 0 Å². The number of hydrogen-bond donors (Lipinski definition) is 0. The van der Waals surface area contributed by atoms with Crippen LogP contribution >= 0.6 is 23.2 Å². The van der Waals surface area contributed by atoms with Gasteiger partial charge >= 0.3 is 0 Å². The molecule has 4 aromatic carbocycles. The van der Waals surface area contributed by atoms with Gasteiger partial charge in [0.05, 0.1) is 13.2 Å². The van der Waals surface area contributed by atoms with Crippen LogP contribution in [-0.4, -0.2) is 13.2 Å². The first-order valence-electron chi connectivity index (χ1n) is 13.7. The Bertz CT molecular complexity index is 1150. The summed E-state index contributed by atoms with van der Waals surface area (Å²) < 4.78 is 18.8. The molecule has 2 atom stereocenters. The third-order valence-electron chi connectivity index (χ3n) is 6.52. The first-order valence-corrected chi connectivity index (χ1v) is 14.4. The molecule has 0 aliphatic rings. The Labute approximate surface area is 242 Å². The van der Waals surface area contributed by atoms with Crippen molar-refractivity contribution in [1.82, 2.24) is 0 Å². The minimum atomic E-state index is -0.340. The van der Waals surface area contributed by atoms with E-state index in [2.05, 4.69) is 38.1 Å². The summed E-state index contributed by atoms with van der Waals surface area (Å²) in [6, 6.07) is 32.0. The van der Waals surface area contributed by atoms with Crippen LogP contribution < -0.4 is 9.47 Å². The minimum absolute atomic E-state index is 0.340. The molecule has 0 bridgehead atoms. The van der Waals surface area contributed by atoms with E-state index in [-0.39, 0.29) is 12.2 Å².